The summed E-state index contributed by atoms with van der Waals surface area (Å²) < 4.78 is 25.0. The van der Waals surface area contributed by atoms with Crippen LogP contribution in [-0.4, -0.2) is 36.0 Å². The molecule has 3 N–H and O–H groups in total. The van der Waals surface area contributed by atoms with E-state index in [1.54, 1.807) is 35.2 Å². The molecule has 8 heteroatoms. The summed E-state index contributed by atoms with van der Waals surface area (Å²) in [6.45, 7) is 1.40. The first-order valence-corrected chi connectivity index (χ1v) is 11.1. The van der Waals surface area contributed by atoms with Gasteiger partial charge in [0.1, 0.15) is 30.0 Å². The molecule has 0 aliphatic carbocycles. The first-order valence-electron chi connectivity index (χ1n) is 11.1. The van der Waals surface area contributed by atoms with Gasteiger partial charge >= 0.3 is 6.03 Å². The summed E-state index contributed by atoms with van der Waals surface area (Å²) in [5, 5.41) is 2.81. The number of anilines is 1. The van der Waals surface area contributed by atoms with Gasteiger partial charge in [0.15, 0.2) is 0 Å². The number of nitrogens with zero attached hydrogens (tertiary/aromatic N) is 1. The molecule has 1 heterocycles. The molecule has 0 atom stereocenters. The van der Waals surface area contributed by atoms with Gasteiger partial charge in [-0.3, -0.25) is 4.79 Å². The largest absolute Gasteiger partial charge is 0.490 e. The Kier molecular flexibility index (Phi) is 7.27. The molecule has 3 aromatic rings. The number of urea groups is 1. The zero-order valence-electron chi connectivity index (χ0n) is 18.6. The second kappa shape index (κ2) is 10.7. The number of piperidine rings is 1. The average molecular weight is 464 g/mol. The third kappa shape index (κ3) is 6.25. The molecular formula is C26H26FN3O4. The molecule has 7 nitrogen and oxygen atoms in total. The predicted molar refractivity (Wildman–Crippen MR) is 126 cm³/mol. The molecule has 176 valence electrons. The zero-order chi connectivity index (χ0) is 23.9. The van der Waals surface area contributed by atoms with Crippen molar-refractivity contribution in [2.24, 2.45) is 5.73 Å². The highest BCUT2D eigenvalue weighted by Gasteiger charge is 2.24. The highest BCUT2D eigenvalue weighted by atomic mass is 19.1. The van der Waals surface area contributed by atoms with E-state index < -0.39 is 5.91 Å². The Labute approximate surface area is 197 Å². The van der Waals surface area contributed by atoms with Crippen LogP contribution in [0.3, 0.4) is 0 Å². The number of benzene rings is 3. The van der Waals surface area contributed by atoms with Crippen molar-refractivity contribution in [2.45, 2.75) is 25.6 Å². The fourth-order valence-electron chi connectivity index (χ4n) is 3.73. The number of rotatable bonds is 7. The third-order valence-electron chi connectivity index (χ3n) is 5.55. The van der Waals surface area contributed by atoms with Crippen molar-refractivity contribution in [2.75, 3.05) is 18.4 Å². The fraction of sp³-hybridized carbons (Fsp3) is 0.231. The van der Waals surface area contributed by atoms with Crippen molar-refractivity contribution in [3.8, 4) is 11.5 Å². The van der Waals surface area contributed by atoms with E-state index in [4.69, 9.17) is 15.2 Å². The second-order valence-corrected chi connectivity index (χ2v) is 8.07. The first kappa shape index (κ1) is 23.1. The van der Waals surface area contributed by atoms with Gasteiger partial charge in [0, 0.05) is 37.2 Å². The van der Waals surface area contributed by atoms with Gasteiger partial charge < -0.3 is 25.4 Å². The van der Waals surface area contributed by atoms with Gasteiger partial charge in [0.25, 0.3) is 0 Å². The Morgan fingerprint density at radius 3 is 2.38 bits per heavy atom. The summed E-state index contributed by atoms with van der Waals surface area (Å²) in [6, 6.07) is 19.9. The van der Waals surface area contributed by atoms with Crippen LogP contribution in [0.5, 0.6) is 11.5 Å². The number of hydrogen-bond acceptors (Lipinski definition) is 4. The van der Waals surface area contributed by atoms with E-state index in [9.17, 15) is 14.0 Å². The SMILES string of the molecule is NC(=O)c1cccc(NC(=O)N2CCC(Oc3ccc(OCc4cccc(F)c4)cc3)CC2)c1. The third-order valence-corrected chi connectivity index (χ3v) is 5.55. The number of halogens is 1. The number of likely N-dealkylation sites (tertiary alicyclic amines) is 1. The van der Waals surface area contributed by atoms with Crippen molar-refractivity contribution in [3.63, 3.8) is 0 Å². The number of primary amides is 1. The Balaban J connectivity index is 1.22. The van der Waals surface area contributed by atoms with Gasteiger partial charge in [-0.05, 0) is 60.2 Å². The van der Waals surface area contributed by atoms with Crippen LogP contribution >= 0.6 is 0 Å². The highest BCUT2D eigenvalue weighted by Crippen LogP contribution is 2.23. The summed E-state index contributed by atoms with van der Waals surface area (Å²) in [4.78, 5) is 25.6. The van der Waals surface area contributed by atoms with Crippen molar-refractivity contribution >= 4 is 17.6 Å². The second-order valence-electron chi connectivity index (χ2n) is 8.07. The monoisotopic (exact) mass is 463 g/mol. The van der Waals surface area contributed by atoms with Crippen LogP contribution in [-0.2, 0) is 6.61 Å². The van der Waals surface area contributed by atoms with Crippen LogP contribution in [0.4, 0.5) is 14.9 Å². The normalized spacial score (nSPS) is 13.9. The summed E-state index contributed by atoms with van der Waals surface area (Å²) in [6.07, 6.45) is 1.40. The van der Waals surface area contributed by atoms with E-state index in [-0.39, 0.29) is 24.6 Å². The van der Waals surface area contributed by atoms with Crippen LogP contribution in [0.2, 0.25) is 0 Å². The summed E-state index contributed by atoms with van der Waals surface area (Å²) in [5.41, 5.74) is 6.92. The molecule has 4 rings (SSSR count). The van der Waals surface area contributed by atoms with E-state index in [1.807, 2.05) is 30.3 Å². The van der Waals surface area contributed by atoms with E-state index in [0.29, 0.717) is 42.9 Å². The van der Waals surface area contributed by atoms with E-state index in [2.05, 4.69) is 5.32 Å². The minimum absolute atomic E-state index is 0.00121. The highest BCUT2D eigenvalue weighted by molar-refractivity contribution is 5.95. The number of carbonyl (C=O) groups excluding carboxylic acids is 2. The predicted octanol–water partition coefficient (Wildman–Crippen LogP) is 4.58. The standard InChI is InChI=1S/C26H26FN3O4/c27-20-5-1-3-18(15-20)17-33-22-7-9-23(10-8-22)34-24-11-13-30(14-12-24)26(32)29-21-6-2-4-19(16-21)25(28)31/h1-10,15-16,24H,11-14,17H2,(H2,28,31)(H,29,32). The molecule has 0 unspecified atom stereocenters. The molecule has 0 bridgehead atoms. The number of nitrogens with one attached hydrogen (secondary N) is 1. The van der Waals surface area contributed by atoms with Crippen LogP contribution in [0.25, 0.3) is 0 Å². The first-order chi connectivity index (χ1) is 16.5. The maximum Gasteiger partial charge on any atom is 0.321 e. The maximum absolute atomic E-state index is 13.3. The zero-order valence-corrected chi connectivity index (χ0v) is 18.6. The minimum Gasteiger partial charge on any atom is -0.490 e. The summed E-state index contributed by atoms with van der Waals surface area (Å²) in [7, 11) is 0. The molecule has 1 saturated heterocycles. The Bertz CT molecular complexity index is 1140. The van der Waals surface area contributed by atoms with Gasteiger partial charge in [0.2, 0.25) is 5.91 Å². The average Bonchev–Trinajstić information content (AvgIpc) is 2.84. The molecule has 0 radical (unpaired) electrons. The van der Waals surface area contributed by atoms with Crippen molar-refractivity contribution in [1.29, 1.82) is 0 Å². The summed E-state index contributed by atoms with van der Waals surface area (Å²) >= 11 is 0. The number of hydrogen-bond donors (Lipinski definition) is 2. The lowest BCUT2D eigenvalue weighted by atomic mass is 10.1. The van der Waals surface area contributed by atoms with Crippen molar-refractivity contribution < 1.29 is 23.5 Å². The van der Waals surface area contributed by atoms with Crippen molar-refractivity contribution in [3.05, 3.63) is 89.7 Å². The molecule has 0 saturated carbocycles. The Hall–Kier alpha value is -4.07. The molecule has 0 aromatic heterocycles. The number of ether oxygens (including phenoxy) is 2. The van der Waals surface area contributed by atoms with E-state index >= 15 is 0 Å². The van der Waals surface area contributed by atoms with Crippen LogP contribution in [0.15, 0.2) is 72.8 Å². The molecule has 0 spiro atoms. The minimum atomic E-state index is -0.541. The van der Waals surface area contributed by atoms with Gasteiger partial charge in [-0.15, -0.1) is 0 Å². The molecule has 1 aliphatic rings. The molecule has 3 aromatic carbocycles. The van der Waals surface area contributed by atoms with Gasteiger partial charge in [-0.25, -0.2) is 9.18 Å². The molecule has 34 heavy (non-hydrogen) atoms. The molecule has 1 fully saturated rings. The number of amides is 3. The van der Waals surface area contributed by atoms with Crippen LogP contribution in [0.1, 0.15) is 28.8 Å². The van der Waals surface area contributed by atoms with Gasteiger partial charge in [0.05, 0.1) is 0 Å². The smallest absolute Gasteiger partial charge is 0.321 e. The maximum atomic E-state index is 13.3. The lowest BCUT2D eigenvalue weighted by Crippen LogP contribution is -2.43. The molecule has 3 amide bonds. The summed E-state index contributed by atoms with van der Waals surface area (Å²) in [5.74, 6) is 0.568. The van der Waals surface area contributed by atoms with Crippen LogP contribution in [0, 0.1) is 5.82 Å². The topological polar surface area (TPSA) is 93.9 Å². The van der Waals surface area contributed by atoms with Gasteiger partial charge in [-0.2, -0.15) is 0 Å². The van der Waals surface area contributed by atoms with E-state index in [0.717, 1.165) is 11.3 Å². The Morgan fingerprint density at radius 1 is 0.971 bits per heavy atom. The van der Waals surface area contributed by atoms with Crippen LogP contribution < -0.4 is 20.5 Å². The quantitative estimate of drug-likeness (QED) is 0.536. The van der Waals surface area contributed by atoms with Crippen molar-refractivity contribution in [1.82, 2.24) is 4.90 Å². The molecule has 1 aliphatic heterocycles. The lowest BCUT2D eigenvalue weighted by molar-refractivity contribution is 0.1000. The van der Waals surface area contributed by atoms with E-state index in [1.165, 1.54) is 12.1 Å². The number of nitrogens with two attached hydrogens (primary N) is 1. The number of carbonyl (C=O) groups is 2. The Morgan fingerprint density at radius 2 is 1.68 bits per heavy atom. The lowest BCUT2D eigenvalue weighted by Gasteiger charge is -2.32. The fourth-order valence-corrected chi connectivity index (χ4v) is 3.73. The van der Waals surface area contributed by atoms with Gasteiger partial charge in [-0.1, -0.05) is 18.2 Å². The molecular weight excluding hydrogens is 437 g/mol.